The smallest absolute Gasteiger partial charge is 0.243 e. The van der Waals surface area contributed by atoms with E-state index in [-0.39, 0.29) is 62.1 Å². The first kappa shape index (κ1) is 38.0. The summed E-state index contributed by atoms with van der Waals surface area (Å²) < 4.78 is 7.62. The minimum atomic E-state index is -1.06. The van der Waals surface area contributed by atoms with Gasteiger partial charge in [-0.05, 0) is 54.9 Å². The number of fused-ring (bicyclic) bond motifs is 14. The molecular formula is C38H50N8O6. The van der Waals surface area contributed by atoms with Gasteiger partial charge in [-0.25, -0.2) is 9.67 Å². The van der Waals surface area contributed by atoms with Gasteiger partial charge >= 0.3 is 0 Å². The lowest BCUT2D eigenvalue weighted by Gasteiger charge is -2.28. The highest BCUT2D eigenvalue weighted by Crippen LogP contribution is 2.22. The second kappa shape index (κ2) is 17.3. The molecule has 2 bridgehead atoms. The van der Waals surface area contributed by atoms with Crippen LogP contribution in [0.1, 0.15) is 75.8 Å². The van der Waals surface area contributed by atoms with Crippen LogP contribution in [0, 0.1) is 18.8 Å². The van der Waals surface area contributed by atoms with Gasteiger partial charge in [0.15, 0.2) is 5.82 Å². The maximum absolute atomic E-state index is 14.2. The van der Waals surface area contributed by atoms with E-state index in [1.807, 2.05) is 56.3 Å². The van der Waals surface area contributed by atoms with Crippen LogP contribution in [-0.4, -0.2) is 75.1 Å². The van der Waals surface area contributed by atoms with E-state index in [2.05, 4.69) is 50.5 Å². The normalized spacial score (nSPS) is 23.2. The van der Waals surface area contributed by atoms with Crippen molar-refractivity contribution < 1.29 is 28.7 Å². The highest BCUT2D eigenvalue weighted by molar-refractivity contribution is 5.95. The van der Waals surface area contributed by atoms with Crippen molar-refractivity contribution in [1.29, 1.82) is 0 Å². The molecule has 4 heterocycles. The zero-order valence-electron chi connectivity index (χ0n) is 30.5. The van der Waals surface area contributed by atoms with E-state index in [4.69, 9.17) is 4.74 Å². The standard InChI is InChI=1S/C38H50N8O6/c1-22(2)17-27-21-52-28-13-11-26(12-14-28)19-30(42-36(49)29-15-16-32(47)41-29)37(50)43-31(18-25-9-7-6-8-10-25)38(51)44-34(23(3)4)35-39-24(5)45-46(35)20-33(48)40-27/h6-14,22-23,27,29-31,34H,15-21H2,1-5H3,(H,40,48)(H,41,47)(H,42,49)(H,43,50)(H,44,51)/t27-,29-,30+,31-,34-/m0/s1. The number of aryl methyl sites for hydroxylation is 1. The number of carbonyl (C=O) groups excluding carboxylic acids is 5. The summed E-state index contributed by atoms with van der Waals surface area (Å²) in [5, 5.41) is 19.1. The van der Waals surface area contributed by atoms with E-state index < -0.39 is 41.9 Å². The number of hydrogen-bond donors (Lipinski definition) is 5. The molecule has 6 rings (SSSR count). The third-order valence-electron chi connectivity index (χ3n) is 9.14. The predicted octanol–water partition coefficient (Wildman–Crippen LogP) is 2.06. The van der Waals surface area contributed by atoms with Crippen molar-refractivity contribution in [3.63, 3.8) is 0 Å². The van der Waals surface area contributed by atoms with Crippen molar-refractivity contribution in [2.24, 2.45) is 11.8 Å². The average molecular weight is 715 g/mol. The zero-order valence-corrected chi connectivity index (χ0v) is 30.5. The Hall–Kier alpha value is -5.27. The number of carbonyl (C=O) groups is 5. The van der Waals surface area contributed by atoms with E-state index in [1.165, 1.54) is 4.68 Å². The van der Waals surface area contributed by atoms with Gasteiger partial charge in [0.25, 0.3) is 0 Å². The molecule has 14 heteroatoms. The molecule has 0 aliphatic carbocycles. The Morgan fingerprint density at radius 3 is 2.31 bits per heavy atom. The van der Waals surface area contributed by atoms with Crippen LogP contribution in [0.25, 0.3) is 0 Å². The molecule has 0 radical (unpaired) electrons. The van der Waals surface area contributed by atoms with Crippen molar-refractivity contribution in [3.8, 4) is 5.75 Å². The Bertz CT molecular complexity index is 1720. The molecule has 0 saturated carbocycles. The summed E-state index contributed by atoms with van der Waals surface area (Å²) in [6, 6.07) is 12.7. The fourth-order valence-corrected chi connectivity index (χ4v) is 6.53. The number of benzene rings is 2. The monoisotopic (exact) mass is 714 g/mol. The molecule has 0 spiro atoms. The Labute approximate surface area is 304 Å². The van der Waals surface area contributed by atoms with E-state index in [1.54, 1.807) is 19.1 Å². The highest BCUT2D eigenvalue weighted by Gasteiger charge is 2.34. The lowest BCUT2D eigenvalue weighted by molar-refractivity contribution is -0.133. The number of nitrogens with zero attached hydrogens (tertiary/aromatic N) is 3. The molecule has 3 aromatic rings. The number of nitrogens with one attached hydrogen (secondary N) is 5. The van der Waals surface area contributed by atoms with Crippen LogP contribution in [0.4, 0.5) is 0 Å². The van der Waals surface area contributed by atoms with Gasteiger partial charge in [0, 0.05) is 19.3 Å². The van der Waals surface area contributed by atoms with Crippen molar-refractivity contribution in [3.05, 3.63) is 77.4 Å². The molecule has 1 aromatic heterocycles. The van der Waals surface area contributed by atoms with Crippen molar-refractivity contribution >= 4 is 29.5 Å². The second-order valence-corrected chi connectivity index (χ2v) is 14.4. The Morgan fingerprint density at radius 1 is 0.923 bits per heavy atom. The van der Waals surface area contributed by atoms with Gasteiger partial charge in [0.2, 0.25) is 29.5 Å². The molecule has 2 aromatic carbocycles. The van der Waals surface area contributed by atoms with Gasteiger partial charge in [-0.3, -0.25) is 24.0 Å². The van der Waals surface area contributed by atoms with E-state index in [0.717, 1.165) is 11.1 Å². The maximum atomic E-state index is 14.2. The minimum Gasteiger partial charge on any atom is -0.491 e. The molecule has 14 nitrogen and oxygen atoms in total. The summed E-state index contributed by atoms with van der Waals surface area (Å²) in [6.45, 7) is 9.84. The summed E-state index contributed by atoms with van der Waals surface area (Å²) in [5.74, 6) is -0.441. The van der Waals surface area contributed by atoms with Crippen LogP contribution in [0.2, 0.25) is 0 Å². The topological polar surface area (TPSA) is 185 Å². The molecule has 52 heavy (non-hydrogen) atoms. The molecule has 5 N–H and O–H groups in total. The Morgan fingerprint density at radius 2 is 1.65 bits per heavy atom. The molecule has 5 atom stereocenters. The first-order valence-electron chi connectivity index (χ1n) is 18.0. The largest absolute Gasteiger partial charge is 0.491 e. The SMILES string of the molecule is Cc1nc2n(n1)CC(=O)N[C@@H](CC(C)C)COc1ccc(cc1)C[C@@H](NC(=O)[C@@H]1CCC(=O)N1)C(=O)N[C@@H](Cc1ccccc1)C(=O)N[C@H]2C(C)C. The van der Waals surface area contributed by atoms with Gasteiger partial charge in [-0.15, -0.1) is 0 Å². The summed E-state index contributed by atoms with van der Waals surface area (Å²) in [4.78, 5) is 71.7. The minimum absolute atomic E-state index is 0.112. The Kier molecular flexibility index (Phi) is 12.6. The lowest BCUT2D eigenvalue weighted by Crippen LogP contribution is -2.57. The van der Waals surface area contributed by atoms with Crippen molar-refractivity contribution in [2.45, 2.75) is 103 Å². The van der Waals surface area contributed by atoms with Crippen LogP contribution >= 0.6 is 0 Å². The van der Waals surface area contributed by atoms with Crippen LogP contribution < -0.4 is 31.3 Å². The molecule has 278 valence electrons. The van der Waals surface area contributed by atoms with Gasteiger partial charge in [-0.2, -0.15) is 5.10 Å². The number of aromatic nitrogens is 3. The number of amides is 5. The number of hydrogen-bond acceptors (Lipinski definition) is 8. The maximum Gasteiger partial charge on any atom is 0.243 e. The lowest BCUT2D eigenvalue weighted by atomic mass is 9.99. The fraction of sp³-hybridized carbons (Fsp3) is 0.500. The fourth-order valence-electron chi connectivity index (χ4n) is 6.53. The zero-order chi connectivity index (χ0) is 37.4. The number of ether oxygens (including phenoxy) is 1. The van der Waals surface area contributed by atoms with Gasteiger partial charge in [0.05, 0.1) is 12.1 Å². The molecule has 3 aliphatic rings. The van der Waals surface area contributed by atoms with Gasteiger partial charge in [0.1, 0.15) is 42.9 Å². The molecule has 5 amide bonds. The summed E-state index contributed by atoms with van der Waals surface area (Å²) in [5.41, 5.74) is 1.55. The van der Waals surface area contributed by atoms with Crippen LogP contribution in [0.5, 0.6) is 5.75 Å². The first-order valence-corrected chi connectivity index (χ1v) is 18.0. The van der Waals surface area contributed by atoms with Crippen LogP contribution in [-0.2, 0) is 43.4 Å². The van der Waals surface area contributed by atoms with Crippen molar-refractivity contribution in [2.75, 3.05) is 6.61 Å². The molecule has 0 unspecified atom stereocenters. The molecule has 3 aliphatic heterocycles. The second-order valence-electron chi connectivity index (χ2n) is 14.4. The summed E-state index contributed by atoms with van der Waals surface area (Å²) in [6.07, 6.45) is 1.50. The third kappa shape index (κ3) is 10.4. The highest BCUT2D eigenvalue weighted by atomic mass is 16.5. The molecule has 1 fully saturated rings. The number of rotatable bonds is 7. The first-order chi connectivity index (χ1) is 24.8. The van der Waals surface area contributed by atoms with E-state index in [0.29, 0.717) is 30.2 Å². The van der Waals surface area contributed by atoms with Crippen molar-refractivity contribution in [1.82, 2.24) is 41.3 Å². The summed E-state index contributed by atoms with van der Waals surface area (Å²) >= 11 is 0. The van der Waals surface area contributed by atoms with E-state index >= 15 is 0 Å². The van der Waals surface area contributed by atoms with Gasteiger partial charge in [-0.1, -0.05) is 70.2 Å². The summed E-state index contributed by atoms with van der Waals surface area (Å²) in [7, 11) is 0. The molecular weight excluding hydrogens is 664 g/mol. The quantitative estimate of drug-likeness (QED) is 0.246. The van der Waals surface area contributed by atoms with Gasteiger partial charge < -0.3 is 31.3 Å². The van der Waals surface area contributed by atoms with Crippen LogP contribution in [0.15, 0.2) is 54.6 Å². The Balaban J connectivity index is 1.51. The van der Waals surface area contributed by atoms with Crippen LogP contribution in [0.3, 0.4) is 0 Å². The van der Waals surface area contributed by atoms with E-state index in [9.17, 15) is 24.0 Å². The molecule has 1 saturated heterocycles. The third-order valence-corrected chi connectivity index (χ3v) is 9.14. The predicted molar refractivity (Wildman–Crippen MR) is 193 cm³/mol. The average Bonchev–Trinajstić information content (AvgIpc) is 3.69.